The summed E-state index contributed by atoms with van der Waals surface area (Å²) in [7, 11) is 0. The van der Waals surface area contributed by atoms with Crippen LogP contribution >= 0.6 is 24.8 Å². The van der Waals surface area contributed by atoms with Crippen molar-refractivity contribution in [3.8, 4) is 22.3 Å². The number of hydrogen-bond donors (Lipinski definition) is 0. The Kier molecular flexibility index (Phi) is 22.2. The first-order valence-corrected chi connectivity index (χ1v) is 28.2. The molecule has 4 heteroatoms. The van der Waals surface area contributed by atoms with Gasteiger partial charge in [0.15, 0.2) is 0 Å². The van der Waals surface area contributed by atoms with Crippen molar-refractivity contribution in [2.75, 3.05) is 0 Å². The molecular weight excluding hydrogens is 935 g/mol. The zero-order valence-electron chi connectivity index (χ0n) is 40.4. The van der Waals surface area contributed by atoms with Crippen LogP contribution in [0.4, 0.5) is 0 Å². The molecule has 0 atom stereocenters. The molecule has 0 bridgehead atoms. The first-order chi connectivity index (χ1) is 30.4. The molecule has 0 aromatic heterocycles. The molecule has 2 saturated carbocycles. The van der Waals surface area contributed by atoms with Crippen LogP contribution in [0.1, 0.15) is 128 Å². The topological polar surface area (TPSA) is 0 Å². The van der Waals surface area contributed by atoms with Gasteiger partial charge >= 0.3 is 30.2 Å². The van der Waals surface area contributed by atoms with Gasteiger partial charge in [-0.05, 0) is 82.0 Å². The van der Waals surface area contributed by atoms with E-state index in [1.165, 1.54) is 215 Å². The fourth-order valence-electron chi connectivity index (χ4n) is 11.4. The molecule has 348 valence electrons. The second-order valence-corrected chi connectivity index (χ2v) is 19.6. The van der Waals surface area contributed by atoms with Crippen LogP contribution in [0, 0.1) is 25.7 Å². The summed E-state index contributed by atoms with van der Waals surface area (Å²) in [6.45, 7) is 8.15. The van der Waals surface area contributed by atoms with Crippen LogP contribution in [-0.2, 0) is 36.2 Å². The number of halogens is 2. The van der Waals surface area contributed by atoms with Crippen LogP contribution in [0.2, 0.25) is 0 Å². The van der Waals surface area contributed by atoms with Crippen LogP contribution in [0.5, 0.6) is 0 Å². The molecule has 8 aromatic carbocycles. The third-order valence-electron chi connectivity index (χ3n) is 14.7. The van der Waals surface area contributed by atoms with Crippen LogP contribution in [0.25, 0.3) is 65.3 Å². The van der Waals surface area contributed by atoms with Crippen molar-refractivity contribution in [1.82, 2.24) is 0 Å². The number of hydrogen-bond acceptors (Lipinski definition) is 0. The van der Waals surface area contributed by atoms with Crippen molar-refractivity contribution >= 4 is 74.8 Å². The van der Waals surface area contributed by atoms with Crippen molar-refractivity contribution in [3.63, 3.8) is 0 Å². The van der Waals surface area contributed by atoms with Gasteiger partial charge in [-0.25, -0.2) is 0 Å². The van der Waals surface area contributed by atoms with E-state index in [-0.39, 0.29) is 39.7 Å². The molecule has 0 unspecified atom stereocenters. The average Bonchev–Trinajstić information content (AvgIpc) is 3.95. The fourth-order valence-corrected chi connectivity index (χ4v) is 11.4. The monoisotopic (exact) mass is 1010 g/mol. The molecule has 2 aliphatic rings. The quantitative estimate of drug-likeness (QED) is 0.115. The summed E-state index contributed by atoms with van der Waals surface area (Å²) in [6, 6.07) is 54.4. The van der Waals surface area contributed by atoms with Gasteiger partial charge in [0, 0.05) is 0 Å². The van der Waals surface area contributed by atoms with Gasteiger partial charge in [0.25, 0.3) is 0 Å². The van der Waals surface area contributed by atoms with Crippen molar-refractivity contribution in [2.24, 2.45) is 10.8 Å². The third-order valence-corrected chi connectivity index (χ3v) is 14.7. The second-order valence-electron chi connectivity index (χ2n) is 19.6. The average molecular weight is 1010 g/mol. The molecule has 0 amide bonds. The number of benzene rings is 6. The summed E-state index contributed by atoms with van der Waals surface area (Å²) in [4.78, 5) is 0. The Morgan fingerprint density at radius 3 is 1.05 bits per heavy atom. The second kappa shape index (κ2) is 26.5. The Balaban J connectivity index is 0.000000263. The molecule has 10 rings (SSSR count). The van der Waals surface area contributed by atoms with Crippen molar-refractivity contribution in [3.05, 3.63) is 172 Å². The summed E-state index contributed by atoms with van der Waals surface area (Å²) < 4.78 is 0. The summed E-state index contributed by atoms with van der Waals surface area (Å²) in [5.41, 5.74) is 9.40. The van der Waals surface area contributed by atoms with Gasteiger partial charge in [0.05, 0.1) is 0 Å². The summed E-state index contributed by atoms with van der Waals surface area (Å²) in [5, 5.41) is 10.9. The first kappa shape index (κ1) is 55.3. The van der Waals surface area contributed by atoms with Crippen LogP contribution in [0.3, 0.4) is 0 Å². The molecule has 0 saturated heterocycles. The van der Waals surface area contributed by atoms with E-state index in [9.17, 15) is 0 Å². The van der Waals surface area contributed by atoms with E-state index in [0.717, 1.165) is 0 Å². The fraction of sp³-hybridized carbons (Fsp3) is 0.355. The predicted molar refractivity (Wildman–Crippen MR) is 296 cm³/mol. The van der Waals surface area contributed by atoms with Gasteiger partial charge in [0.2, 0.25) is 0 Å². The summed E-state index contributed by atoms with van der Waals surface area (Å²) in [5.74, 6) is 0. The van der Waals surface area contributed by atoms with Gasteiger partial charge in [-0.2, -0.15) is 12.1 Å². The van der Waals surface area contributed by atoms with Crippen LogP contribution in [0.15, 0.2) is 146 Å². The van der Waals surface area contributed by atoms with E-state index >= 15 is 0 Å². The van der Waals surface area contributed by atoms with Crippen molar-refractivity contribution in [1.29, 1.82) is 0 Å². The molecule has 2 aliphatic carbocycles. The maximum absolute atomic E-state index is 3.06. The minimum absolute atomic E-state index is 0. The Morgan fingerprint density at radius 2 is 0.682 bits per heavy atom. The molecule has 8 aromatic rings. The summed E-state index contributed by atoms with van der Waals surface area (Å²) >= 11 is 1.36. The van der Waals surface area contributed by atoms with Gasteiger partial charge in [-0.15, -0.1) is 93.9 Å². The van der Waals surface area contributed by atoms with E-state index in [1.54, 1.807) is 0 Å². The van der Waals surface area contributed by atoms with E-state index < -0.39 is 0 Å². The summed E-state index contributed by atoms with van der Waals surface area (Å²) in [6.07, 6.45) is 25.0. The standard InChI is InChI=1S/2C30H33.2CH3.2ClH.Si.Zr/c2*1-30(18-8-4-2-3-5-9-19-30)22-23-20-25-14-11-17-28(29(25)21-23)27-16-10-13-24-12-6-7-15-26(24)27;;;;;;/h2*6-7,10-17,20-21H,2-5,8-9,18-19,22H2,1H3;2*1H3;2*1H;;/q4*-1;;;;. The Bertz CT molecular complexity index is 2490. The van der Waals surface area contributed by atoms with E-state index in [4.69, 9.17) is 0 Å². The van der Waals surface area contributed by atoms with Gasteiger partial charge in [0.1, 0.15) is 0 Å². The van der Waals surface area contributed by atoms with Crippen molar-refractivity contribution < 1.29 is 23.3 Å². The van der Waals surface area contributed by atoms with Crippen LogP contribution in [-0.4, -0.2) is 6.88 Å². The molecule has 0 N–H and O–H groups in total. The third kappa shape index (κ3) is 13.5. The Labute approximate surface area is 428 Å². The zero-order chi connectivity index (χ0) is 42.8. The molecule has 2 radical (unpaired) electrons. The molecular formula is C62H74Cl2SiZr-4. The van der Waals surface area contributed by atoms with Crippen molar-refractivity contribution in [2.45, 2.75) is 129 Å². The van der Waals surface area contributed by atoms with E-state index in [0.29, 0.717) is 10.8 Å². The van der Waals surface area contributed by atoms with Gasteiger partial charge in [-0.1, -0.05) is 199 Å². The number of fused-ring (bicyclic) bond motifs is 4. The minimum atomic E-state index is 0. The molecule has 0 heterocycles. The molecule has 0 aliphatic heterocycles. The van der Waals surface area contributed by atoms with Crippen LogP contribution < -0.4 is 0 Å². The molecule has 2 fully saturated rings. The zero-order valence-corrected chi connectivity index (χ0v) is 45.5. The van der Waals surface area contributed by atoms with Gasteiger partial charge in [-0.3, -0.25) is 0 Å². The van der Waals surface area contributed by atoms with Gasteiger partial charge < -0.3 is 14.9 Å². The SMILES string of the molecule is CC1(Cc2cc3c(-c4cccc5ccccc45)cccc3[cH-]2)CCCCCCCC1.CC1(Cc2cc3c(-c4cccc5ccccc45)cccc3[cH-]2)CCCCCCCC1.Cl.Cl.[CH3-].[CH3-].[Si]=[Zr]. The first-order valence-electron chi connectivity index (χ1n) is 24.0. The Hall–Kier alpha value is -3.26. The normalized spacial score (nSPS) is 16.0. The Morgan fingerprint density at radius 1 is 0.394 bits per heavy atom. The molecule has 0 nitrogen and oxygen atoms in total. The molecule has 66 heavy (non-hydrogen) atoms. The van der Waals surface area contributed by atoms with E-state index in [1.807, 2.05) is 0 Å². The maximum atomic E-state index is 3.06. The number of rotatable bonds is 6. The predicted octanol–water partition coefficient (Wildman–Crippen LogP) is 19.5. The molecule has 0 spiro atoms. The van der Waals surface area contributed by atoms with E-state index in [2.05, 4.69) is 166 Å².